The molecule has 12 heteroatoms. The zero-order valence-electron chi connectivity index (χ0n) is 14.9. The van der Waals surface area contributed by atoms with E-state index in [0.29, 0.717) is 11.4 Å². The summed E-state index contributed by atoms with van der Waals surface area (Å²) in [5.41, 5.74) is 0.474. The van der Waals surface area contributed by atoms with Crippen molar-refractivity contribution in [1.82, 2.24) is 4.72 Å². The van der Waals surface area contributed by atoms with Crippen molar-refractivity contribution in [3.63, 3.8) is 0 Å². The van der Waals surface area contributed by atoms with Crippen molar-refractivity contribution in [2.45, 2.75) is 18.2 Å². The van der Waals surface area contributed by atoms with Crippen LogP contribution in [0, 0.1) is 29.1 Å². The SMILES string of the molecule is CC(=O)Nc1cccc(OCCCNS(=O)(=O)c2c(F)c(F)c(F)c(F)c2F)c1. The molecule has 0 spiro atoms. The predicted octanol–water partition coefficient (Wildman–Crippen LogP) is 3.09. The summed E-state index contributed by atoms with van der Waals surface area (Å²) in [5, 5.41) is 2.54. The van der Waals surface area contributed by atoms with E-state index in [4.69, 9.17) is 4.74 Å². The molecule has 0 atom stereocenters. The second-order valence-electron chi connectivity index (χ2n) is 5.71. The van der Waals surface area contributed by atoms with E-state index >= 15 is 0 Å². The van der Waals surface area contributed by atoms with Crippen LogP contribution in [-0.2, 0) is 14.8 Å². The minimum Gasteiger partial charge on any atom is -0.493 e. The third kappa shape index (κ3) is 5.41. The third-order valence-electron chi connectivity index (χ3n) is 3.47. The summed E-state index contributed by atoms with van der Waals surface area (Å²) >= 11 is 0. The Morgan fingerprint density at radius 2 is 1.59 bits per heavy atom. The first kappa shape index (κ1) is 22.6. The van der Waals surface area contributed by atoms with E-state index in [9.17, 15) is 35.2 Å². The molecule has 0 aromatic heterocycles. The summed E-state index contributed by atoms with van der Waals surface area (Å²) in [6.07, 6.45) is 0.0129. The van der Waals surface area contributed by atoms with Gasteiger partial charge < -0.3 is 10.1 Å². The highest BCUT2D eigenvalue weighted by Crippen LogP contribution is 2.26. The molecule has 0 heterocycles. The lowest BCUT2D eigenvalue weighted by atomic mass is 10.3. The lowest BCUT2D eigenvalue weighted by Crippen LogP contribution is -2.28. The molecule has 158 valence electrons. The molecule has 0 saturated carbocycles. The Morgan fingerprint density at radius 3 is 2.17 bits per heavy atom. The Hall–Kier alpha value is -2.73. The fourth-order valence-corrected chi connectivity index (χ4v) is 3.44. The van der Waals surface area contributed by atoms with Crippen LogP contribution in [0.4, 0.5) is 27.6 Å². The number of ether oxygens (including phenoxy) is 1. The first-order chi connectivity index (χ1) is 13.5. The Morgan fingerprint density at radius 1 is 1.00 bits per heavy atom. The van der Waals surface area contributed by atoms with Crippen molar-refractivity contribution in [2.24, 2.45) is 0 Å². The smallest absolute Gasteiger partial charge is 0.246 e. The summed E-state index contributed by atoms with van der Waals surface area (Å²) in [5.74, 6) is -12.0. The van der Waals surface area contributed by atoms with Crippen LogP contribution < -0.4 is 14.8 Å². The number of hydrogen-bond acceptors (Lipinski definition) is 4. The minimum atomic E-state index is -5.00. The van der Waals surface area contributed by atoms with Gasteiger partial charge in [-0.1, -0.05) is 6.07 Å². The largest absolute Gasteiger partial charge is 0.493 e. The summed E-state index contributed by atoms with van der Waals surface area (Å²) in [7, 11) is -5.00. The number of nitrogens with one attached hydrogen (secondary N) is 2. The van der Waals surface area contributed by atoms with Gasteiger partial charge in [-0.05, 0) is 18.6 Å². The van der Waals surface area contributed by atoms with Crippen LogP contribution in [0.3, 0.4) is 0 Å². The standard InChI is InChI=1S/C17H15F5N2O4S/c1-9(25)24-10-4-2-5-11(8-10)28-7-3-6-23-29(26,27)17-15(21)13(19)12(18)14(20)16(17)22/h2,4-5,8,23H,3,6-7H2,1H3,(H,24,25). The molecule has 0 unspecified atom stereocenters. The average Bonchev–Trinajstić information content (AvgIpc) is 2.64. The molecule has 6 nitrogen and oxygen atoms in total. The maximum Gasteiger partial charge on any atom is 0.246 e. The van der Waals surface area contributed by atoms with E-state index in [1.54, 1.807) is 22.9 Å². The van der Waals surface area contributed by atoms with Crippen molar-refractivity contribution < 1.29 is 39.9 Å². The number of hydrogen-bond donors (Lipinski definition) is 2. The van der Waals surface area contributed by atoms with Gasteiger partial charge in [-0.2, -0.15) is 0 Å². The average molecular weight is 438 g/mol. The Labute approximate surface area is 162 Å². The van der Waals surface area contributed by atoms with Crippen molar-refractivity contribution >= 4 is 21.6 Å². The van der Waals surface area contributed by atoms with Crippen molar-refractivity contribution in [1.29, 1.82) is 0 Å². The quantitative estimate of drug-likeness (QED) is 0.287. The van der Waals surface area contributed by atoms with E-state index in [-0.39, 0.29) is 18.9 Å². The zero-order valence-corrected chi connectivity index (χ0v) is 15.7. The molecule has 0 aliphatic heterocycles. The fraction of sp³-hybridized carbons (Fsp3) is 0.235. The van der Waals surface area contributed by atoms with E-state index < -0.39 is 50.5 Å². The number of carbonyl (C=O) groups excluding carboxylic acids is 1. The molecule has 2 aromatic carbocycles. The van der Waals surface area contributed by atoms with Gasteiger partial charge in [-0.25, -0.2) is 35.1 Å². The summed E-state index contributed by atoms with van der Waals surface area (Å²) in [6, 6.07) is 6.31. The Kier molecular flexibility index (Phi) is 7.14. The van der Waals surface area contributed by atoms with Crippen LogP contribution in [0.2, 0.25) is 0 Å². The molecular weight excluding hydrogens is 423 g/mol. The van der Waals surface area contributed by atoms with Crippen LogP contribution in [0.25, 0.3) is 0 Å². The van der Waals surface area contributed by atoms with Gasteiger partial charge in [0.25, 0.3) is 0 Å². The second-order valence-corrected chi connectivity index (χ2v) is 7.41. The molecule has 0 fully saturated rings. The topological polar surface area (TPSA) is 84.5 Å². The van der Waals surface area contributed by atoms with Gasteiger partial charge in [0.15, 0.2) is 28.2 Å². The monoisotopic (exact) mass is 438 g/mol. The van der Waals surface area contributed by atoms with Crippen molar-refractivity contribution in [3.05, 3.63) is 53.4 Å². The molecule has 2 rings (SSSR count). The number of sulfonamides is 1. The van der Waals surface area contributed by atoms with E-state index in [0.717, 1.165) is 0 Å². The highest BCUT2D eigenvalue weighted by atomic mass is 32.2. The van der Waals surface area contributed by atoms with Crippen LogP contribution >= 0.6 is 0 Å². The van der Waals surface area contributed by atoms with Crippen molar-refractivity contribution in [3.8, 4) is 5.75 Å². The molecule has 0 aliphatic carbocycles. The van der Waals surface area contributed by atoms with Gasteiger partial charge in [0.1, 0.15) is 5.75 Å². The van der Waals surface area contributed by atoms with Crippen molar-refractivity contribution in [2.75, 3.05) is 18.5 Å². The predicted molar refractivity (Wildman–Crippen MR) is 92.3 cm³/mol. The maximum atomic E-state index is 13.6. The third-order valence-corrected chi connectivity index (χ3v) is 4.95. The second kappa shape index (κ2) is 9.18. The number of halogens is 5. The first-order valence-electron chi connectivity index (χ1n) is 8.06. The van der Waals surface area contributed by atoms with E-state index in [2.05, 4.69) is 5.32 Å². The summed E-state index contributed by atoms with van der Waals surface area (Å²) in [6.45, 7) is 0.889. The molecule has 2 aromatic rings. The lowest BCUT2D eigenvalue weighted by Gasteiger charge is -2.11. The highest BCUT2D eigenvalue weighted by molar-refractivity contribution is 7.89. The molecule has 0 saturated heterocycles. The first-order valence-corrected chi connectivity index (χ1v) is 9.54. The van der Waals surface area contributed by atoms with Crippen LogP contribution in [0.1, 0.15) is 13.3 Å². The minimum absolute atomic E-state index is 0.0129. The zero-order chi connectivity index (χ0) is 21.8. The molecule has 0 aliphatic rings. The maximum absolute atomic E-state index is 13.6. The van der Waals surface area contributed by atoms with Crippen LogP contribution in [0.5, 0.6) is 5.75 Å². The lowest BCUT2D eigenvalue weighted by molar-refractivity contribution is -0.114. The number of amides is 1. The summed E-state index contributed by atoms with van der Waals surface area (Å²) in [4.78, 5) is 9.06. The van der Waals surface area contributed by atoms with Gasteiger partial charge in [-0.3, -0.25) is 4.79 Å². The molecule has 2 N–H and O–H groups in total. The number of carbonyl (C=O) groups is 1. The van der Waals surface area contributed by atoms with Gasteiger partial charge in [0.05, 0.1) is 6.61 Å². The summed E-state index contributed by atoms with van der Waals surface area (Å²) < 4.78 is 97.6. The molecule has 0 radical (unpaired) electrons. The van der Waals surface area contributed by atoms with Crippen LogP contribution in [-0.4, -0.2) is 27.5 Å². The van der Waals surface area contributed by atoms with Gasteiger partial charge in [0, 0.05) is 25.2 Å². The van der Waals surface area contributed by atoms with E-state index in [1.807, 2.05) is 0 Å². The fourth-order valence-electron chi connectivity index (χ4n) is 2.23. The number of benzene rings is 2. The Bertz CT molecular complexity index is 1000. The molecule has 29 heavy (non-hydrogen) atoms. The highest BCUT2D eigenvalue weighted by Gasteiger charge is 2.33. The van der Waals surface area contributed by atoms with Gasteiger partial charge >= 0.3 is 0 Å². The van der Waals surface area contributed by atoms with Crippen LogP contribution in [0.15, 0.2) is 29.2 Å². The Balaban J connectivity index is 1.97. The molecular formula is C17H15F5N2O4S. The normalized spacial score (nSPS) is 11.4. The van der Waals surface area contributed by atoms with Gasteiger partial charge in [-0.15, -0.1) is 0 Å². The number of anilines is 1. The molecule has 0 bridgehead atoms. The van der Waals surface area contributed by atoms with Gasteiger partial charge in [0.2, 0.25) is 21.7 Å². The van der Waals surface area contributed by atoms with E-state index in [1.165, 1.54) is 13.0 Å². The molecule has 1 amide bonds. The number of rotatable bonds is 8.